The zero-order valence-electron chi connectivity index (χ0n) is 18.1. The van der Waals surface area contributed by atoms with E-state index in [0.717, 1.165) is 22.9 Å². The number of nitrogens with zero attached hydrogens (tertiary/aromatic N) is 1. The highest BCUT2D eigenvalue weighted by Crippen LogP contribution is 2.49. The van der Waals surface area contributed by atoms with Gasteiger partial charge in [0.15, 0.2) is 5.60 Å². The lowest BCUT2D eigenvalue weighted by Crippen LogP contribution is -2.47. The Labute approximate surface area is 197 Å². The number of ether oxygens (including phenoxy) is 1. The number of aliphatic carboxylic acids is 1. The minimum absolute atomic E-state index is 0.0273. The fourth-order valence-electron chi connectivity index (χ4n) is 3.61. The van der Waals surface area contributed by atoms with Gasteiger partial charge in [-0.25, -0.2) is 0 Å². The average Bonchev–Trinajstić information content (AvgIpc) is 2.75. The Morgan fingerprint density at radius 1 is 1.09 bits per heavy atom. The lowest BCUT2D eigenvalue weighted by Gasteiger charge is -2.37. The first-order valence-corrected chi connectivity index (χ1v) is 10.4. The largest absolute Gasteiger partial charge is 0.481 e. The Bertz CT molecular complexity index is 1260. The van der Waals surface area contributed by atoms with Crippen LogP contribution in [-0.2, 0) is 23.9 Å². The Balaban J connectivity index is 1.91. The number of aromatic nitrogens is 1. The van der Waals surface area contributed by atoms with Gasteiger partial charge < -0.3 is 19.5 Å². The van der Waals surface area contributed by atoms with Gasteiger partial charge in [-0.05, 0) is 41.5 Å². The fraction of sp³-hybridized carbons (Fsp3) is 0.250. The zero-order chi connectivity index (χ0) is 25.3. The van der Waals surface area contributed by atoms with Crippen molar-refractivity contribution in [3.05, 3.63) is 92.9 Å². The number of hydrogen-bond acceptors (Lipinski definition) is 4. The molecule has 10 heteroatoms. The zero-order valence-corrected chi connectivity index (χ0v) is 18.9. The van der Waals surface area contributed by atoms with Crippen molar-refractivity contribution in [2.24, 2.45) is 7.05 Å². The second-order valence-corrected chi connectivity index (χ2v) is 8.26. The number of aliphatic hydroxyl groups is 1. The molecule has 0 spiro atoms. The standard InChI is InChI=1S/C24H21ClF3NO5/c1-14(23(33,24(26,27)28)16-5-10-21(30)29(2)13-16)19-9-8-18(12-20(19)25)34-17-6-3-15(4-7-17)11-22(31)32/h3-10,12-14,33H,11H2,1-2H3,(H,31,32)/t14-,23-/m1/s1. The number of pyridine rings is 1. The van der Waals surface area contributed by atoms with E-state index in [1.807, 2.05) is 0 Å². The van der Waals surface area contributed by atoms with Crippen LogP contribution in [0.15, 0.2) is 65.6 Å². The molecule has 0 fully saturated rings. The number of rotatable bonds is 7. The Morgan fingerprint density at radius 3 is 2.24 bits per heavy atom. The number of carboxylic acids is 1. The highest BCUT2D eigenvalue weighted by atomic mass is 35.5. The molecule has 0 bridgehead atoms. The molecule has 0 saturated carbocycles. The summed E-state index contributed by atoms with van der Waals surface area (Å²) in [4.78, 5) is 22.4. The number of carbonyl (C=O) groups is 1. The van der Waals surface area contributed by atoms with Gasteiger partial charge in [-0.1, -0.05) is 36.7 Å². The highest BCUT2D eigenvalue weighted by molar-refractivity contribution is 6.31. The quantitative estimate of drug-likeness (QED) is 0.481. The molecular weight excluding hydrogens is 475 g/mol. The minimum atomic E-state index is -5.07. The summed E-state index contributed by atoms with van der Waals surface area (Å²) < 4.78 is 49.0. The van der Waals surface area contributed by atoms with Crippen molar-refractivity contribution >= 4 is 17.6 Å². The van der Waals surface area contributed by atoms with Gasteiger partial charge in [0.2, 0.25) is 5.56 Å². The highest BCUT2D eigenvalue weighted by Gasteiger charge is 2.59. The first-order chi connectivity index (χ1) is 15.8. The van der Waals surface area contributed by atoms with E-state index in [1.54, 1.807) is 24.3 Å². The molecule has 0 unspecified atom stereocenters. The van der Waals surface area contributed by atoms with E-state index >= 15 is 0 Å². The molecule has 0 aliphatic carbocycles. The van der Waals surface area contributed by atoms with Crippen molar-refractivity contribution in [2.45, 2.75) is 31.0 Å². The monoisotopic (exact) mass is 495 g/mol. The first kappa shape index (κ1) is 25.3. The normalized spacial score (nSPS) is 14.3. The van der Waals surface area contributed by atoms with Crippen LogP contribution in [0.25, 0.3) is 0 Å². The third kappa shape index (κ3) is 5.10. The SMILES string of the molecule is C[C@H](c1ccc(Oc2ccc(CC(=O)O)cc2)cc1Cl)[C@@](O)(c1ccc(=O)n(C)c1)C(F)(F)F. The number of aryl methyl sites for hydroxylation is 1. The van der Waals surface area contributed by atoms with Crippen molar-refractivity contribution in [1.82, 2.24) is 4.57 Å². The molecular formula is C24H21ClF3NO5. The van der Waals surface area contributed by atoms with Gasteiger partial charge in [0, 0.05) is 35.8 Å². The summed E-state index contributed by atoms with van der Waals surface area (Å²) >= 11 is 6.29. The Hall–Kier alpha value is -3.30. The maximum atomic E-state index is 14.1. The van der Waals surface area contributed by atoms with Crippen LogP contribution in [0.4, 0.5) is 13.2 Å². The second kappa shape index (κ2) is 9.52. The molecule has 2 N–H and O–H groups in total. The Morgan fingerprint density at radius 2 is 1.71 bits per heavy atom. The van der Waals surface area contributed by atoms with E-state index in [1.165, 1.54) is 32.2 Å². The summed E-state index contributed by atoms with van der Waals surface area (Å²) in [6.07, 6.45) is -4.26. The molecule has 2 atom stereocenters. The van der Waals surface area contributed by atoms with Crippen LogP contribution in [0.2, 0.25) is 5.02 Å². The van der Waals surface area contributed by atoms with E-state index in [0.29, 0.717) is 11.3 Å². The van der Waals surface area contributed by atoms with Gasteiger partial charge in [0.05, 0.1) is 6.42 Å². The Kier molecular flexibility index (Phi) is 7.09. The van der Waals surface area contributed by atoms with Crippen molar-refractivity contribution < 1.29 is 32.9 Å². The summed E-state index contributed by atoms with van der Waals surface area (Å²) in [5.74, 6) is -1.88. The minimum Gasteiger partial charge on any atom is -0.481 e. The molecule has 2 aromatic carbocycles. The summed E-state index contributed by atoms with van der Waals surface area (Å²) in [5, 5.41) is 19.7. The maximum Gasteiger partial charge on any atom is 0.422 e. The molecule has 0 radical (unpaired) electrons. The number of hydrogen-bond donors (Lipinski definition) is 2. The first-order valence-electron chi connectivity index (χ1n) is 10.1. The van der Waals surface area contributed by atoms with E-state index < -0.39 is 34.8 Å². The van der Waals surface area contributed by atoms with Crippen LogP contribution in [0.5, 0.6) is 11.5 Å². The number of carboxylic acid groups (broad SMARTS) is 1. The van der Waals surface area contributed by atoms with Gasteiger partial charge in [-0.2, -0.15) is 13.2 Å². The van der Waals surface area contributed by atoms with E-state index in [4.69, 9.17) is 21.4 Å². The molecule has 34 heavy (non-hydrogen) atoms. The molecule has 1 aromatic heterocycles. The molecule has 180 valence electrons. The summed E-state index contributed by atoms with van der Waals surface area (Å²) in [6, 6.07) is 12.3. The van der Waals surface area contributed by atoms with Crippen LogP contribution in [0, 0.1) is 0 Å². The predicted octanol–water partition coefficient (Wildman–Crippen LogP) is 5.01. The summed E-state index contributed by atoms with van der Waals surface area (Å²) in [5.41, 5.74) is -3.72. The molecule has 1 heterocycles. The number of halogens is 4. The fourth-order valence-corrected chi connectivity index (χ4v) is 3.95. The van der Waals surface area contributed by atoms with Crippen LogP contribution in [0.3, 0.4) is 0 Å². The van der Waals surface area contributed by atoms with E-state index in [-0.39, 0.29) is 22.8 Å². The molecule has 0 saturated heterocycles. The average molecular weight is 496 g/mol. The van der Waals surface area contributed by atoms with Gasteiger partial charge in [0.25, 0.3) is 0 Å². The molecule has 3 aromatic rings. The summed E-state index contributed by atoms with van der Waals surface area (Å²) in [7, 11) is 1.29. The van der Waals surface area contributed by atoms with Crippen LogP contribution in [0.1, 0.15) is 29.5 Å². The van der Waals surface area contributed by atoms with Gasteiger partial charge in [0.1, 0.15) is 11.5 Å². The third-order valence-electron chi connectivity index (χ3n) is 5.54. The topological polar surface area (TPSA) is 88.8 Å². The number of benzene rings is 2. The maximum absolute atomic E-state index is 14.1. The number of alkyl halides is 3. The lowest BCUT2D eigenvalue weighted by atomic mass is 9.78. The molecule has 0 amide bonds. The van der Waals surface area contributed by atoms with E-state index in [9.17, 15) is 27.9 Å². The van der Waals surface area contributed by atoms with Crippen molar-refractivity contribution in [2.75, 3.05) is 0 Å². The van der Waals surface area contributed by atoms with Crippen LogP contribution in [-0.4, -0.2) is 26.9 Å². The predicted molar refractivity (Wildman–Crippen MR) is 119 cm³/mol. The van der Waals surface area contributed by atoms with Gasteiger partial charge >= 0.3 is 12.1 Å². The van der Waals surface area contributed by atoms with Crippen molar-refractivity contribution in [3.8, 4) is 11.5 Å². The lowest BCUT2D eigenvalue weighted by molar-refractivity contribution is -0.274. The van der Waals surface area contributed by atoms with Gasteiger partial charge in [-0.15, -0.1) is 0 Å². The van der Waals surface area contributed by atoms with Crippen molar-refractivity contribution in [3.63, 3.8) is 0 Å². The van der Waals surface area contributed by atoms with Crippen LogP contribution < -0.4 is 10.3 Å². The molecule has 0 aliphatic rings. The third-order valence-corrected chi connectivity index (χ3v) is 5.86. The molecule has 0 aliphatic heterocycles. The smallest absolute Gasteiger partial charge is 0.422 e. The summed E-state index contributed by atoms with van der Waals surface area (Å²) in [6.45, 7) is 1.20. The molecule has 3 rings (SSSR count). The second-order valence-electron chi connectivity index (χ2n) is 7.85. The van der Waals surface area contributed by atoms with Crippen LogP contribution >= 0.6 is 11.6 Å². The van der Waals surface area contributed by atoms with Crippen molar-refractivity contribution in [1.29, 1.82) is 0 Å². The van der Waals surface area contributed by atoms with Gasteiger partial charge in [-0.3, -0.25) is 9.59 Å². The van der Waals surface area contributed by atoms with E-state index in [2.05, 4.69) is 0 Å². The molecule has 6 nitrogen and oxygen atoms in total.